The molecule has 0 aliphatic carbocycles. The Morgan fingerprint density at radius 2 is 2.20 bits per heavy atom. The topological polar surface area (TPSA) is 100 Å². The lowest BCUT2D eigenvalue weighted by Gasteiger charge is -2.14. The zero-order valence-electron chi connectivity index (χ0n) is 16.9. The highest BCUT2D eigenvalue weighted by molar-refractivity contribution is 5.77. The maximum Gasteiger partial charge on any atom is 0.258 e. The molecule has 3 aromatic rings. The molecule has 156 valence electrons. The maximum absolute atomic E-state index is 12.3. The van der Waals surface area contributed by atoms with Crippen molar-refractivity contribution in [1.29, 1.82) is 0 Å². The molecule has 9 nitrogen and oxygen atoms in total. The van der Waals surface area contributed by atoms with Gasteiger partial charge in [0.2, 0.25) is 0 Å². The molecule has 0 radical (unpaired) electrons. The van der Waals surface area contributed by atoms with Crippen LogP contribution in [0.2, 0.25) is 0 Å². The van der Waals surface area contributed by atoms with Crippen LogP contribution in [0.4, 0.5) is 0 Å². The van der Waals surface area contributed by atoms with Crippen LogP contribution in [0.5, 0.6) is 17.2 Å². The fourth-order valence-corrected chi connectivity index (χ4v) is 3.30. The zero-order chi connectivity index (χ0) is 20.9. The molecule has 1 aromatic heterocycles. The summed E-state index contributed by atoms with van der Waals surface area (Å²) in [5.41, 5.74) is 2.75. The van der Waals surface area contributed by atoms with E-state index in [-0.39, 0.29) is 18.6 Å². The van der Waals surface area contributed by atoms with Crippen LogP contribution < -0.4 is 19.5 Å². The highest BCUT2D eigenvalue weighted by atomic mass is 16.5. The summed E-state index contributed by atoms with van der Waals surface area (Å²) in [6.45, 7) is 4.74. The number of nitrogens with one attached hydrogen (secondary N) is 1. The lowest BCUT2D eigenvalue weighted by molar-refractivity contribution is -0.123. The molecule has 0 spiro atoms. The van der Waals surface area contributed by atoms with Crippen molar-refractivity contribution in [2.45, 2.75) is 32.9 Å². The third kappa shape index (κ3) is 4.51. The normalized spacial score (nSPS) is 14.7. The van der Waals surface area contributed by atoms with Crippen LogP contribution in [-0.2, 0) is 17.8 Å². The van der Waals surface area contributed by atoms with Gasteiger partial charge < -0.3 is 19.5 Å². The number of carbonyl (C=O) groups is 1. The van der Waals surface area contributed by atoms with Gasteiger partial charge in [0.05, 0.1) is 12.3 Å². The Morgan fingerprint density at radius 1 is 1.30 bits per heavy atom. The molecule has 2 heterocycles. The first-order valence-electron chi connectivity index (χ1n) is 9.80. The minimum Gasteiger partial charge on any atom is -0.494 e. The van der Waals surface area contributed by atoms with Crippen LogP contribution >= 0.6 is 0 Å². The van der Waals surface area contributed by atoms with Crippen molar-refractivity contribution in [2.75, 3.05) is 13.2 Å². The molecule has 1 aliphatic rings. The molecule has 0 saturated heterocycles. The second-order valence-corrected chi connectivity index (χ2v) is 6.95. The number of nitrogens with zero attached hydrogens (tertiary/aromatic N) is 4. The molecule has 1 N–H and O–H groups in total. The van der Waals surface area contributed by atoms with Gasteiger partial charge in [0, 0.05) is 30.2 Å². The van der Waals surface area contributed by atoms with Crippen molar-refractivity contribution < 1.29 is 19.0 Å². The lowest BCUT2D eigenvalue weighted by Crippen LogP contribution is -2.28. The summed E-state index contributed by atoms with van der Waals surface area (Å²) < 4.78 is 18.7. The number of fused-ring (bicyclic) bond motifs is 1. The van der Waals surface area contributed by atoms with Gasteiger partial charge in [-0.05, 0) is 48.5 Å². The summed E-state index contributed by atoms with van der Waals surface area (Å²) in [6.07, 6.45) is 2.50. The number of benzene rings is 2. The molecule has 30 heavy (non-hydrogen) atoms. The summed E-state index contributed by atoms with van der Waals surface area (Å²) in [5, 5.41) is 13.9. The number of ether oxygens (including phenoxy) is 3. The van der Waals surface area contributed by atoms with Crippen LogP contribution in [0.1, 0.15) is 25.0 Å². The fourth-order valence-electron chi connectivity index (χ4n) is 3.30. The smallest absolute Gasteiger partial charge is 0.258 e. The molecule has 0 saturated carbocycles. The Hall–Kier alpha value is -3.62. The fraction of sp³-hybridized carbons (Fsp3) is 0.333. The van der Waals surface area contributed by atoms with E-state index in [9.17, 15) is 4.79 Å². The Morgan fingerprint density at radius 3 is 3.00 bits per heavy atom. The molecule has 1 amide bonds. The predicted molar refractivity (Wildman–Crippen MR) is 108 cm³/mol. The van der Waals surface area contributed by atoms with Crippen LogP contribution in [-0.4, -0.2) is 45.4 Å². The maximum atomic E-state index is 12.3. The predicted octanol–water partition coefficient (Wildman–Crippen LogP) is 2.08. The van der Waals surface area contributed by atoms with Crippen molar-refractivity contribution in [3.63, 3.8) is 0 Å². The number of hydrogen-bond donors (Lipinski definition) is 1. The number of hydrogen-bond acceptors (Lipinski definition) is 7. The first kappa shape index (κ1) is 19.7. The van der Waals surface area contributed by atoms with Gasteiger partial charge in [-0.2, -0.15) is 0 Å². The summed E-state index contributed by atoms with van der Waals surface area (Å²) >= 11 is 0. The van der Waals surface area contributed by atoms with Gasteiger partial charge in [0.15, 0.2) is 6.61 Å². The number of rotatable bonds is 8. The van der Waals surface area contributed by atoms with E-state index in [0.29, 0.717) is 18.9 Å². The molecule has 0 fully saturated rings. The van der Waals surface area contributed by atoms with Gasteiger partial charge in [0.25, 0.3) is 5.91 Å². The largest absolute Gasteiger partial charge is 0.494 e. The summed E-state index contributed by atoms with van der Waals surface area (Å²) in [4.78, 5) is 12.3. The van der Waals surface area contributed by atoms with E-state index in [1.807, 2.05) is 38.1 Å². The molecule has 9 heteroatoms. The van der Waals surface area contributed by atoms with Crippen LogP contribution in [0.15, 0.2) is 42.7 Å². The monoisotopic (exact) mass is 409 g/mol. The first-order chi connectivity index (χ1) is 14.6. The molecule has 1 aliphatic heterocycles. The minimum absolute atomic E-state index is 0.110. The van der Waals surface area contributed by atoms with Gasteiger partial charge in [-0.25, -0.2) is 4.68 Å². The third-order valence-corrected chi connectivity index (χ3v) is 4.66. The average molecular weight is 409 g/mol. The standard InChI is InChI=1S/C21H23N5O4/c1-3-28-19-8-15-7-14(2)30-20(15)9-16(19)11-22-21(27)12-29-18-6-4-5-17(10-18)26-13-23-24-25-26/h4-6,8-10,13-14H,3,7,11-12H2,1-2H3,(H,22,27). The average Bonchev–Trinajstić information content (AvgIpc) is 3.40. The molecule has 0 bridgehead atoms. The van der Waals surface area contributed by atoms with Crippen LogP contribution in [0.25, 0.3) is 5.69 Å². The Labute approximate surface area is 173 Å². The molecular weight excluding hydrogens is 386 g/mol. The second-order valence-electron chi connectivity index (χ2n) is 6.95. The van der Waals surface area contributed by atoms with Crippen molar-refractivity contribution >= 4 is 5.91 Å². The minimum atomic E-state index is -0.236. The van der Waals surface area contributed by atoms with Crippen molar-refractivity contribution in [3.8, 4) is 22.9 Å². The van der Waals surface area contributed by atoms with Crippen LogP contribution in [0, 0.1) is 0 Å². The number of aromatic nitrogens is 4. The van der Waals surface area contributed by atoms with Gasteiger partial charge in [-0.15, -0.1) is 5.10 Å². The Bertz CT molecular complexity index is 1020. The van der Waals surface area contributed by atoms with E-state index in [1.165, 1.54) is 11.0 Å². The highest BCUT2D eigenvalue weighted by Crippen LogP contribution is 2.35. The van der Waals surface area contributed by atoms with Crippen molar-refractivity contribution in [1.82, 2.24) is 25.5 Å². The van der Waals surface area contributed by atoms with E-state index < -0.39 is 0 Å². The van der Waals surface area contributed by atoms with Crippen molar-refractivity contribution in [2.24, 2.45) is 0 Å². The van der Waals surface area contributed by atoms with Gasteiger partial charge in [-0.1, -0.05) is 6.07 Å². The summed E-state index contributed by atoms with van der Waals surface area (Å²) in [6, 6.07) is 11.1. The van der Waals surface area contributed by atoms with Crippen molar-refractivity contribution in [3.05, 3.63) is 53.9 Å². The summed E-state index contributed by atoms with van der Waals surface area (Å²) in [7, 11) is 0. The molecule has 2 aromatic carbocycles. The highest BCUT2D eigenvalue weighted by Gasteiger charge is 2.22. The van der Waals surface area contributed by atoms with E-state index in [4.69, 9.17) is 14.2 Å². The van der Waals surface area contributed by atoms with Gasteiger partial charge in [0.1, 0.15) is 29.7 Å². The van der Waals surface area contributed by atoms with E-state index in [2.05, 4.69) is 20.8 Å². The van der Waals surface area contributed by atoms with E-state index in [1.54, 1.807) is 12.1 Å². The summed E-state index contributed by atoms with van der Waals surface area (Å²) in [5.74, 6) is 1.93. The van der Waals surface area contributed by atoms with Gasteiger partial charge >= 0.3 is 0 Å². The first-order valence-corrected chi connectivity index (χ1v) is 9.80. The van der Waals surface area contributed by atoms with E-state index >= 15 is 0 Å². The SMILES string of the molecule is CCOc1cc2c(cc1CNC(=O)COc1cccc(-n3cnnn3)c1)OC(C)C2. The Kier molecular flexibility index (Phi) is 5.78. The second kappa shape index (κ2) is 8.81. The number of carbonyl (C=O) groups excluding carboxylic acids is 1. The quantitative estimate of drug-likeness (QED) is 0.608. The molecule has 1 unspecified atom stereocenters. The number of tetrazole rings is 1. The van der Waals surface area contributed by atoms with E-state index in [0.717, 1.165) is 34.7 Å². The van der Waals surface area contributed by atoms with Crippen LogP contribution in [0.3, 0.4) is 0 Å². The number of amides is 1. The van der Waals surface area contributed by atoms with Gasteiger partial charge in [-0.3, -0.25) is 4.79 Å². The molecule has 1 atom stereocenters. The zero-order valence-corrected chi connectivity index (χ0v) is 16.9. The Balaban J connectivity index is 1.35. The molecular formula is C21H23N5O4. The molecule has 4 rings (SSSR count). The third-order valence-electron chi connectivity index (χ3n) is 4.66. The lowest BCUT2D eigenvalue weighted by atomic mass is 10.1.